The van der Waals surface area contributed by atoms with Gasteiger partial charge in [-0.05, 0) is 25.1 Å². The van der Waals surface area contributed by atoms with Crippen molar-refractivity contribution >= 4 is 23.4 Å². The number of hydrogen-bond donors (Lipinski definition) is 1. The fraction of sp³-hybridized carbons (Fsp3) is 0.154. The Morgan fingerprint density at radius 1 is 1.39 bits per heavy atom. The van der Waals surface area contributed by atoms with Crippen molar-refractivity contribution < 1.29 is 13.6 Å². The number of anilines is 1. The maximum absolute atomic E-state index is 12.2. The van der Waals surface area contributed by atoms with Gasteiger partial charge in [-0.3, -0.25) is 4.79 Å². The minimum atomic E-state index is -2.47. The number of alkyl halides is 2. The molecule has 0 saturated heterocycles. The molecule has 1 rings (SSSR count). The van der Waals surface area contributed by atoms with Crippen LogP contribution in [0.4, 0.5) is 14.5 Å². The average molecular weight is 269 g/mol. The molecule has 0 fully saturated rings. The molecule has 1 aromatic rings. The quantitative estimate of drug-likeness (QED) is 0.496. The second-order valence-electron chi connectivity index (χ2n) is 3.28. The molecule has 1 amide bonds. The Morgan fingerprint density at radius 3 is 2.83 bits per heavy atom. The number of benzene rings is 1. The first-order chi connectivity index (χ1) is 8.61. The van der Waals surface area contributed by atoms with Crippen LogP contribution < -0.4 is 5.32 Å². The third-order valence-electron chi connectivity index (χ3n) is 1.88. The van der Waals surface area contributed by atoms with Gasteiger partial charge in [0.1, 0.15) is 0 Å². The van der Waals surface area contributed by atoms with Gasteiger partial charge in [0, 0.05) is 16.7 Å². The number of carbonyl (C=O) groups is 1. The highest BCUT2D eigenvalue weighted by atomic mass is 32.2. The van der Waals surface area contributed by atoms with Crippen molar-refractivity contribution in [1.82, 2.24) is 0 Å². The van der Waals surface area contributed by atoms with Crippen LogP contribution in [0.15, 0.2) is 53.5 Å². The fourth-order valence-corrected chi connectivity index (χ4v) is 1.75. The molecule has 2 nitrogen and oxygen atoms in total. The average Bonchev–Trinajstić information content (AvgIpc) is 2.28. The summed E-state index contributed by atoms with van der Waals surface area (Å²) in [4.78, 5) is 11.9. The molecule has 18 heavy (non-hydrogen) atoms. The number of rotatable bonds is 5. The van der Waals surface area contributed by atoms with E-state index in [2.05, 4.69) is 5.32 Å². The molecule has 0 bridgehead atoms. The minimum absolute atomic E-state index is 0.299. The van der Waals surface area contributed by atoms with Gasteiger partial charge in [-0.25, -0.2) is 0 Å². The molecular formula is C13H13F2NOS. The molecule has 1 N–H and O–H groups in total. The van der Waals surface area contributed by atoms with Crippen LogP contribution in [0, 0.1) is 0 Å². The molecule has 0 radical (unpaired) electrons. The summed E-state index contributed by atoms with van der Waals surface area (Å²) in [5.41, 5.74) is 0.496. The van der Waals surface area contributed by atoms with Gasteiger partial charge >= 0.3 is 0 Å². The Bertz CT molecular complexity index is 458. The fourth-order valence-electron chi connectivity index (χ4n) is 1.19. The topological polar surface area (TPSA) is 29.1 Å². The second kappa shape index (κ2) is 7.66. The first-order valence-corrected chi connectivity index (χ1v) is 6.15. The summed E-state index contributed by atoms with van der Waals surface area (Å²) in [5, 5.41) is 2.60. The number of carbonyl (C=O) groups excluding carboxylic acids is 1. The monoisotopic (exact) mass is 269 g/mol. The van der Waals surface area contributed by atoms with E-state index in [0.717, 1.165) is 0 Å². The van der Waals surface area contributed by atoms with Crippen molar-refractivity contribution in [3.05, 3.63) is 48.6 Å². The molecule has 0 aliphatic heterocycles. The van der Waals surface area contributed by atoms with E-state index in [1.165, 1.54) is 12.1 Å². The lowest BCUT2D eigenvalue weighted by Gasteiger charge is -2.04. The van der Waals surface area contributed by atoms with Crippen LogP contribution in [-0.2, 0) is 4.79 Å². The molecular weight excluding hydrogens is 256 g/mol. The van der Waals surface area contributed by atoms with E-state index in [1.807, 2.05) is 6.92 Å². The van der Waals surface area contributed by atoms with Crippen molar-refractivity contribution in [1.29, 1.82) is 0 Å². The van der Waals surface area contributed by atoms with Gasteiger partial charge in [0.15, 0.2) is 0 Å². The van der Waals surface area contributed by atoms with E-state index in [0.29, 0.717) is 22.3 Å². The van der Waals surface area contributed by atoms with Crippen LogP contribution in [0.3, 0.4) is 0 Å². The third-order valence-corrected chi connectivity index (χ3v) is 2.58. The molecule has 0 unspecified atom stereocenters. The normalized spacial score (nSPS) is 11.6. The smallest absolute Gasteiger partial charge is 0.288 e. The second-order valence-corrected chi connectivity index (χ2v) is 4.34. The summed E-state index contributed by atoms with van der Waals surface area (Å²) in [5.74, 6) is -2.77. The largest absolute Gasteiger partial charge is 0.322 e. The standard InChI is InChI=1S/C13H13F2NOS/c1-2-3-4-8-12(17)16-10-6-5-7-11(9-10)18-13(14)15/h2-9,13H,1H3,(H,16,17)/b3-2+,8-4+. The van der Waals surface area contributed by atoms with Crippen molar-refractivity contribution in [2.75, 3.05) is 5.32 Å². The number of allylic oxidation sites excluding steroid dienone is 3. The number of nitrogens with one attached hydrogen (secondary N) is 1. The Hall–Kier alpha value is -1.62. The summed E-state index contributed by atoms with van der Waals surface area (Å²) in [7, 11) is 0. The van der Waals surface area contributed by atoms with E-state index < -0.39 is 5.76 Å². The molecule has 0 spiro atoms. The third kappa shape index (κ3) is 5.63. The summed E-state index contributed by atoms with van der Waals surface area (Å²) in [6, 6.07) is 6.35. The molecule has 0 atom stereocenters. The highest BCUT2D eigenvalue weighted by Crippen LogP contribution is 2.27. The van der Waals surface area contributed by atoms with Gasteiger partial charge in [0.25, 0.3) is 5.76 Å². The number of hydrogen-bond acceptors (Lipinski definition) is 2. The number of halogens is 2. The Kier molecular flexibility index (Phi) is 6.14. The Balaban J connectivity index is 2.64. The van der Waals surface area contributed by atoms with Crippen molar-refractivity contribution in [2.24, 2.45) is 0 Å². The summed E-state index contributed by atoms with van der Waals surface area (Å²) >= 11 is 0.447. The molecule has 0 heterocycles. The number of amides is 1. The van der Waals surface area contributed by atoms with Gasteiger partial charge in [0.05, 0.1) is 0 Å². The molecule has 0 aliphatic carbocycles. The maximum atomic E-state index is 12.2. The van der Waals surface area contributed by atoms with E-state index in [4.69, 9.17) is 0 Å². The lowest BCUT2D eigenvalue weighted by atomic mass is 10.3. The Morgan fingerprint density at radius 2 is 2.17 bits per heavy atom. The van der Waals surface area contributed by atoms with Crippen LogP contribution in [0.2, 0.25) is 0 Å². The highest BCUT2D eigenvalue weighted by molar-refractivity contribution is 7.99. The SMILES string of the molecule is C/C=C/C=C/C(=O)Nc1cccc(SC(F)F)c1. The Labute approximate surface area is 109 Å². The van der Waals surface area contributed by atoms with Crippen LogP contribution in [0.25, 0.3) is 0 Å². The van der Waals surface area contributed by atoms with E-state index in [-0.39, 0.29) is 5.91 Å². The van der Waals surface area contributed by atoms with Gasteiger partial charge < -0.3 is 5.32 Å². The van der Waals surface area contributed by atoms with Crippen LogP contribution in [-0.4, -0.2) is 11.7 Å². The molecule has 0 saturated carbocycles. The van der Waals surface area contributed by atoms with Crippen molar-refractivity contribution in [2.45, 2.75) is 17.6 Å². The summed E-state index contributed by atoms with van der Waals surface area (Å²) < 4.78 is 24.4. The first-order valence-electron chi connectivity index (χ1n) is 5.27. The minimum Gasteiger partial charge on any atom is -0.322 e. The zero-order valence-electron chi connectivity index (χ0n) is 9.77. The first kappa shape index (κ1) is 14.4. The van der Waals surface area contributed by atoms with Gasteiger partial charge in [-0.2, -0.15) is 8.78 Å². The lowest BCUT2D eigenvalue weighted by Crippen LogP contribution is -2.07. The van der Waals surface area contributed by atoms with Gasteiger partial charge in [0.2, 0.25) is 5.91 Å². The highest BCUT2D eigenvalue weighted by Gasteiger charge is 2.06. The van der Waals surface area contributed by atoms with E-state index >= 15 is 0 Å². The van der Waals surface area contributed by atoms with E-state index in [9.17, 15) is 13.6 Å². The molecule has 96 valence electrons. The van der Waals surface area contributed by atoms with Gasteiger partial charge in [-0.15, -0.1) is 0 Å². The van der Waals surface area contributed by atoms with Crippen molar-refractivity contribution in [3.8, 4) is 0 Å². The summed E-state index contributed by atoms with van der Waals surface area (Å²) in [6.07, 6.45) is 6.49. The predicted octanol–water partition coefficient (Wildman–Crippen LogP) is 4.07. The predicted molar refractivity (Wildman–Crippen MR) is 70.9 cm³/mol. The maximum Gasteiger partial charge on any atom is 0.288 e. The molecule has 5 heteroatoms. The van der Waals surface area contributed by atoms with Crippen LogP contribution in [0.1, 0.15) is 6.92 Å². The summed E-state index contributed by atoms with van der Waals surface area (Å²) in [6.45, 7) is 1.84. The molecule has 1 aromatic carbocycles. The van der Waals surface area contributed by atoms with Crippen LogP contribution >= 0.6 is 11.8 Å². The van der Waals surface area contributed by atoms with Gasteiger partial charge in [-0.1, -0.05) is 36.1 Å². The lowest BCUT2D eigenvalue weighted by molar-refractivity contribution is -0.111. The number of thioether (sulfide) groups is 1. The zero-order valence-corrected chi connectivity index (χ0v) is 10.6. The van der Waals surface area contributed by atoms with Crippen LogP contribution in [0.5, 0.6) is 0 Å². The van der Waals surface area contributed by atoms with E-state index in [1.54, 1.807) is 36.4 Å². The zero-order chi connectivity index (χ0) is 13.4. The van der Waals surface area contributed by atoms with Crippen molar-refractivity contribution in [3.63, 3.8) is 0 Å². The molecule has 0 aliphatic rings. The molecule has 0 aromatic heterocycles.